The van der Waals surface area contributed by atoms with E-state index in [2.05, 4.69) is 57.0 Å². The maximum absolute atomic E-state index is 6.29. The molecule has 96 valence electrons. The largest absolute Gasteiger partial charge is 0.324 e. The molecule has 0 fully saturated rings. The van der Waals surface area contributed by atoms with Gasteiger partial charge in [0.2, 0.25) is 0 Å². The molecule has 0 radical (unpaired) electrons. The van der Waals surface area contributed by atoms with Gasteiger partial charge in [-0.25, -0.2) is 0 Å². The van der Waals surface area contributed by atoms with Gasteiger partial charge in [-0.3, -0.25) is 0 Å². The van der Waals surface area contributed by atoms with Crippen LogP contribution in [-0.2, 0) is 12.8 Å². The zero-order chi connectivity index (χ0) is 13.1. The zero-order valence-electron chi connectivity index (χ0n) is 10.1. The van der Waals surface area contributed by atoms with Crippen molar-refractivity contribution in [1.29, 1.82) is 0 Å². The molecule has 0 aliphatic heterocycles. The third-order valence-corrected chi connectivity index (χ3v) is 5.28. The fourth-order valence-corrected chi connectivity index (χ4v) is 4.21. The highest BCUT2D eigenvalue weighted by atomic mass is 79.9. The Morgan fingerprint density at radius 3 is 2.50 bits per heavy atom. The van der Waals surface area contributed by atoms with Crippen molar-refractivity contribution < 1.29 is 0 Å². The van der Waals surface area contributed by atoms with Crippen molar-refractivity contribution in [1.82, 2.24) is 0 Å². The summed E-state index contributed by atoms with van der Waals surface area (Å²) < 4.78 is 2.13. The van der Waals surface area contributed by atoms with Crippen molar-refractivity contribution in [2.24, 2.45) is 5.73 Å². The maximum atomic E-state index is 6.29. The number of aryl methyl sites for hydroxylation is 1. The minimum atomic E-state index is 0.0378. The van der Waals surface area contributed by atoms with Crippen LogP contribution >= 0.6 is 43.2 Å². The van der Waals surface area contributed by atoms with Crippen molar-refractivity contribution in [2.45, 2.75) is 25.8 Å². The second kappa shape index (κ2) is 6.33. The summed E-state index contributed by atoms with van der Waals surface area (Å²) >= 11 is 8.89. The summed E-state index contributed by atoms with van der Waals surface area (Å²) in [7, 11) is 0. The molecule has 4 heteroatoms. The lowest BCUT2D eigenvalue weighted by Crippen LogP contribution is -2.13. The van der Waals surface area contributed by atoms with Crippen LogP contribution in [0.3, 0.4) is 0 Å². The van der Waals surface area contributed by atoms with Crippen LogP contribution in [0.4, 0.5) is 0 Å². The summed E-state index contributed by atoms with van der Waals surface area (Å²) in [6.07, 6.45) is 1.99. The SMILES string of the molecule is CCc1ccc(CC(N)c2ccc(Br)cc2Br)s1. The van der Waals surface area contributed by atoms with E-state index in [-0.39, 0.29) is 6.04 Å². The average molecular weight is 389 g/mol. The molecule has 1 unspecified atom stereocenters. The predicted molar refractivity (Wildman–Crippen MR) is 86.2 cm³/mol. The lowest BCUT2D eigenvalue weighted by atomic mass is 10.0. The Morgan fingerprint density at radius 1 is 1.17 bits per heavy atom. The van der Waals surface area contributed by atoms with Crippen molar-refractivity contribution in [3.8, 4) is 0 Å². The van der Waals surface area contributed by atoms with Crippen LogP contribution in [0.15, 0.2) is 39.3 Å². The molecule has 1 atom stereocenters. The number of nitrogens with two attached hydrogens (primary N) is 1. The predicted octanol–water partition coefficient (Wildman–Crippen LogP) is 5.08. The average Bonchev–Trinajstić information content (AvgIpc) is 2.76. The standard InChI is InChI=1S/C14H15Br2NS/c1-2-10-4-5-11(18-10)8-14(17)12-6-3-9(15)7-13(12)16/h3-7,14H,2,8,17H2,1H3. The van der Waals surface area contributed by atoms with E-state index in [1.165, 1.54) is 9.75 Å². The number of hydrogen-bond donors (Lipinski definition) is 1. The van der Waals surface area contributed by atoms with Gasteiger partial charge < -0.3 is 5.73 Å². The third kappa shape index (κ3) is 3.44. The maximum Gasteiger partial charge on any atom is 0.0354 e. The number of halogens is 2. The molecule has 1 nitrogen and oxygen atoms in total. The molecule has 0 saturated heterocycles. The van der Waals surface area contributed by atoms with Crippen LogP contribution in [0.1, 0.15) is 28.3 Å². The second-order valence-corrected chi connectivity index (χ2v) is 7.22. The first-order chi connectivity index (χ1) is 8.60. The summed E-state index contributed by atoms with van der Waals surface area (Å²) in [5.41, 5.74) is 7.45. The van der Waals surface area contributed by atoms with Crippen LogP contribution in [-0.4, -0.2) is 0 Å². The number of rotatable bonds is 4. The summed E-state index contributed by atoms with van der Waals surface area (Å²) in [6.45, 7) is 2.18. The van der Waals surface area contributed by atoms with Gasteiger partial charge in [-0.2, -0.15) is 0 Å². The monoisotopic (exact) mass is 387 g/mol. The molecule has 2 aromatic rings. The molecule has 0 aliphatic rings. The van der Waals surface area contributed by atoms with Gasteiger partial charge >= 0.3 is 0 Å². The van der Waals surface area contributed by atoms with E-state index in [9.17, 15) is 0 Å². The van der Waals surface area contributed by atoms with Gasteiger partial charge in [0.15, 0.2) is 0 Å². The molecular formula is C14H15Br2NS. The molecule has 1 heterocycles. The molecule has 2 rings (SSSR count). The molecule has 1 aromatic heterocycles. The van der Waals surface area contributed by atoms with Crippen LogP contribution in [0, 0.1) is 0 Å². The smallest absolute Gasteiger partial charge is 0.0354 e. The lowest BCUT2D eigenvalue weighted by molar-refractivity contribution is 0.726. The quantitative estimate of drug-likeness (QED) is 0.776. The molecule has 1 aromatic carbocycles. The van der Waals surface area contributed by atoms with Crippen molar-refractivity contribution >= 4 is 43.2 Å². The van der Waals surface area contributed by atoms with Gasteiger partial charge in [-0.05, 0) is 36.2 Å². The summed E-state index contributed by atoms with van der Waals surface area (Å²) in [6, 6.07) is 10.6. The highest BCUT2D eigenvalue weighted by molar-refractivity contribution is 9.11. The van der Waals surface area contributed by atoms with Crippen molar-refractivity contribution in [3.63, 3.8) is 0 Å². The Balaban J connectivity index is 2.13. The minimum absolute atomic E-state index is 0.0378. The van der Waals surface area contributed by atoms with Gasteiger partial charge in [-0.1, -0.05) is 44.8 Å². The van der Waals surface area contributed by atoms with E-state index in [1.54, 1.807) is 0 Å². The Hall–Kier alpha value is -0.160. The highest BCUT2D eigenvalue weighted by Crippen LogP contribution is 2.29. The zero-order valence-corrected chi connectivity index (χ0v) is 14.1. The number of thiophene rings is 1. The normalized spacial score (nSPS) is 12.7. The van der Waals surface area contributed by atoms with Gasteiger partial charge in [-0.15, -0.1) is 11.3 Å². The van der Waals surface area contributed by atoms with E-state index < -0.39 is 0 Å². The number of hydrogen-bond acceptors (Lipinski definition) is 2. The molecule has 0 amide bonds. The van der Waals surface area contributed by atoms with E-state index in [0.29, 0.717) is 0 Å². The van der Waals surface area contributed by atoms with Crippen molar-refractivity contribution in [3.05, 3.63) is 54.6 Å². The van der Waals surface area contributed by atoms with Crippen LogP contribution in [0.5, 0.6) is 0 Å². The topological polar surface area (TPSA) is 26.0 Å². The number of benzene rings is 1. The molecular weight excluding hydrogens is 374 g/mol. The van der Waals surface area contributed by atoms with Crippen LogP contribution < -0.4 is 5.73 Å². The molecule has 0 saturated carbocycles. The Kier molecular flexibility index (Phi) is 5.01. The van der Waals surface area contributed by atoms with Gasteiger partial charge in [0, 0.05) is 31.2 Å². The van der Waals surface area contributed by atoms with Gasteiger partial charge in [0.25, 0.3) is 0 Å². The van der Waals surface area contributed by atoms with E-state index in [4.69, 9.17) is 5.73 Å². The fourth-order valence-electron chi connectivity index (χ4n) is 1.85. The van der Waals surface area contributed by atoms with Crippen LogP contribution in [0.2, 0.25) is 0 Å². The second-order valence-electron chi connectivity index (χ2n) is 4.20. The Labute approximate surface area is 129 Å². The van der Waals surface area contributed by atoms with Crippen molar-refractivity contribution in [2.75, 3.05) is 0 Å². The molecule has 0 aliphatic carbocycles. The van der Waals surface area contributed by atoms with Gasteiger partial charge in [0.05, 0.1) is 0 Å². The third-order valence-electron chi connectivity index (χ3n) is 2.85. The summed E-state index contributed by atoms with van der Waals surface area (Å²) in [5.74, 6) is 0. The molecule has 0 spiro atoms. The molecule has 0 bridgehead atoms. The molecule has 18 heavy (non-hydrogen) atoms. The first-order valence-electron chi connectivity index (χ1n) is 5.88. The summed E-state index contributed by atoms with van der Waals surface area (Å²) in [4.78, 5) is 2.78. The van der Waals surface area contributed by atoms with E-state index in [0.717, 1.165) is 27.4 Å². The van der Waals surface area contributed by atoms with Crippen LogP contribution in [0.25, 0.3) is 0 Å². The first-order valence-corrected chi connectivity index (χ1v) is 8.28. The first kappa shape index (κ1) is 14.3. The fraction of sp³-hybridized carbons (Fsp3) is 0.286. The molecule has 2 N–H and O–H groups in total. The minimum Gasteiger partial charge on any atom is -0.324 e. The van der Waals surface area contributed by atoms with Gasteiger partial charge in [0.1, 0.15) is 0 Å². The lowest BCUT2D eigenvalue weighted by Gasteiger charge is -2.13. The Bertz CT molecular complexity index is 536. The van der Waals surface area contributed by atoms with E-state index >= 15 is 0 Å². The highest BCUT2D eigenvalue weighted by Gasteiger charge is 2.12. The Morgan fingerprint density at radius 2 is 1.89 bits per heavy atom. The van der Waals surface area contributed by atoms with E-state index in [1.807, 2.05) is 23.5 Å². The summed E-state index contributed by atoms with van der Waals surface area (Å²) in [5, 5.41) is 0.